The lowest BCUT2D eigenvalue weighted by Gasteiger charge is -2.03. The average Bonchev–Trinajstić information content (AvgIpc) is 2.44. The highest BCUT2D eigenvalue weighted by molar-refractivity contribution is 14.1. The van der Waals surface area contributed by atoms with E-state index < -0.39 is 5.91 Å². The van der Waals surface area contributed by atoms with Crippen LogP contribution in [0.5, 0.6) is 5.75 Å². The third kappa shape index (κ3) is 3.85. The van der Waals surface area contributed by atoms with Gasteiger partial charge in [-0.15, -0.1) is 0 Å². The standard InChI is InChI=1S/C12H8I2N4O2/c13-8-3-7(11(19)9(14)4-8)5-17-18-12(20)10-6-15-1-2-16-10/h1-6,19H,(H,18,20)/b17-5+. The lowest BCUT2D eigenvalue weighted by atomic mass is 10.2. The van der Waals surface area contributed by atoms with E-state index in [-0.39, 0.29) is 11.4 Å². The maximum atomic E-state index is 11.7. The van der Waals surface area contributed by atoms with Crippen LogP contribution in [0.25, 0.3) is 0 Å². The van der Waals surface area contributed by atoms with Gasteiger partial charge in [-0.25, -0.2) is 10.4 Å². The number of hydrogen-bond acceptors (Lipinski definition) is 5. The summed E-state index contributed by atoms with van der Waals surface area (Å²) in [6, 6.07) is 3.60. The first-order valence-corrected chi connectivity index (χ1v) is 7.51. The van der Waals surface area contributed by atoms with Crippen molar-refractivity contribution < 1.29 is 9.90 Å². The van der Waals surface area contributed by atoms with Gasteiger partial charge >= 0.3 is 0 Å². The number of amides is 1. The van der Waals surface area contributed by atoms with Crippen LogP contribution in [0.2, 0.25) is 0 Å². The molecule has 2 N–H and O–H groups in total. The number of hydrazone groups is 1. The van der Waals surface area contributed by atoms with Crippen LogP contribution in [0.15, 0.2) is 35.8 Å². The van der Waals surface area contributed by atoms with E-state index in [0.717, 1.165) is 7.14 Å². The van der Waals surface area contributed by atoms with E-state index in [2.05, 4.69) is 43.1 Å². The molecule has 0 atom stereocenters. The van der Waals surface area contributed by atoms with Gasteiger partial charge in [-0.3, -0.25) is 9.78 Å². The van der Waals surface area contributed by atoms with Crippen LogP contribution < -0.4 is 5.43 Å². The van der Waals surface area contributed by atoms with Crippen LogP contribution in [0.1, 0.15) is 16.1 Å². The second kappa shape index (κ2) is 6.92. The minimum Gasteiger partial charge on any atom is -0.506 e. The molecule has 0 radical (unpaired) electrons. The molecule has 102 valence electrons. The Labute approximate surface area is 142 Å². The number of halogens is 2. The van der Waals surface area contributed by atoms with Crippen LogP contribution in [0.3, 0.4) is 0 Å². The molecule has 20 heavy (non-hydrogen) atoms. The van der Waals surface area contributed by atoms with Crippen molar-refractivity contribution >= 4 is 57.3 Å². The summed E-state index contributed by atoms with van der Waals surface area (Å²) in [6.07, 6.45) is 5.63. The van der Waals surface area contributed by atoms with Gasteiger partial charge in [0, 0.05) is 21.5 Å². The minimum absolute atomic E-state index is 0.128. The SMILES string of the molecule is O=C(N/N=C/c1cc(I)cc(I)c1O)c1cnccn1. The fraction of sp³-hybridized carbons (Fsp3) is 0. The first kappa shape index (κ1) is 15.1. The summed E-state index contributed by atoms with van der Waals surface area (Å²) >= 11 is 4.17. The summed E-state index contributed by atoms with van der Waals surface area (Å²) in [7, 11) is 0. The zero-order valence-corrected chi connectivity index (χ0v) is 14.2. The molecule has 1 aromatic carbocycles. The molecule has 0 saturated carbocycles. The Morgan fingerprint density at radius 2 is 2.15 bits per heavy atom. The summed E-state index contributed by atoms with van der Waals surface area (Å²) in [4.78, 5) is 19.3. The molecule has 0 aliphatic rings. The maximum absolute atomic E-state index is 11.7. The number of nitrogens with one attached hydrogen (secondary N) is 1. The van der Waals surface area contributed by atoms with E-state index in [4.69, 9.17) is 0 Å². The summed E-state index contributed by atoms with van der Waals surface area (Å²) < 4.78 is 1.68. The molecule has 0 spiro atoms. The average molecular weight is 494 g/mol. The molecule has 8 heteroatoms. The van der Waals surface area contributed by atoms with E-state index in [1.165, 1.54) is 24.8 Å². The highest BCUT2D eigenvalue weighted by Crippen LogP contribution is 2.25. The molecule has 1 heterocycles. The number of benzene rings is 1. The Morgan fingerprint density at radius 1 is 1.35 bits per heavy atom. The van der Waals surface area contributed by atoms with Crippen LogP contribution in [-0.4, -0.2) is 27.2 Å². The second-order valence-corrected chi connectivity index (χ2v) is 6.02. The van der Waals surface area contributed by atoms with Gasteiger partial charge < -0.3 is 5.11 Å². The number of phenolic OH excluding ortho intramolecular Hbond substituents is 1. The largest absolute Gasteiger partial charge is 0.506 e. The molecule has 0 fully saturated rings. The lowest BCUT2D eigenvalue weighted by Crippen LogP contribution is -2.19. The fourth-order valence-corrected chi connectivity index (χ4v) is 3.21. The fourth-order valence-electron chi connectivity index (χ4n) is 1.32. The summed E-state index contributed by atoms with van der Waals surface area (Å²) in [5, 5.41) is 13.7. The Morgan fingerprint density at radius 3 is 2.85 bits per heavy atom. The highest BCUT2D eigenvalue weighted by Gasteiger charge is 2.07. The Bertz CT molecular complexity index is 662. The molecule has 0 unspecified atom stereocenters. The highest BCUT2D eigenvalue weighted by atomic mass is 127. The smallest absolute Gasteiger partial charge is 0.291 e. The van der Waals surface area contributed by atoms with E-state index in [1.54, 1.807) is 6.07 Å². The maximum Gasteiger partial charge on any atom is 0.291 e. The topological polar surface area (TPSA) is 87.5 Å². The molecule has 6 nitrogen and oxygen atoms in total. The van der Waals surface area contributed by atoms with Crippen molar-refractivity contribution in [3.63, 3.8) is 0 Å². The van der Waals surface area contributed by atoms with Crippen molar-refractivity contribution in [1.82, 2.24) is 15.4 Å². The van der Waals surface area contributed by atoms with Gasteiger partial charge in [0.25, 0.3) is 5.91 Å². The molecule has 0 aliphatic carbocycles. The van der Waals surface area contributed by atoms with Crippen LogP contribution in [-0.2, 0) is 0 Å². The third-order valence-electron chi connectivity index (χ3n) is 2.22. The summed E-state index contributed by atoms with van der Waals surface area (Å²) in [5.41, 5.74) is 3.03. The van der Waals surface area contributed by atoms with Gasteiger partial charge in [0.1, 0.15) is 11.4 Å². The molecule has 1 amide bonds. The number of carbonyl (C=O) groups is 1. The van der Waals surface area contributed by atoms with Crippen molar-refractivity contribution in [2.24, 2.45) is 5.10 Å². The first-order chi connectivity index (χ1) is 9.58. The van der Waals surface area contributed by atoms with Crippen LogP contribution in [0.4, 0.5) is 0 Å². The monoisotopic (exact) mass is 494 g/mol. The Balaban J connectivity index is 2.10. The second-order valence-electron chi connectivity index (χ2n) is 3.62. The van der Waals surface area contributed by atoms with Crippen molar-refractivity contribution in [3.8, 4) is 5.75 Å². The Kier molecular flexibility index (Phi) is 5.23. The zero-order chi connectivity index (χ0) is 14.5. The minimum atomic E-state index is -0.464. The number of carbonyl (C=O) groups excluding carboxylic acids is 1. The van der Waals surface area contributed by atoms with Crippen LogP contribution >= 0.6 is 45.2 Å². The number of rotatable bonds is 3. The van der Waals surface area contributed by atoms with Gasteiger partial charge in [-0.1, -0.05) is 0 Å². The number of aromatic hydroxyl groups is 1. The normalized spacial score (nSPS) is 10.7. The van der Waals surface area contributed by atoms with Crippen molar-refractivity contribution in [2.75, 3.05) is 0 Å². The van der Waals surface area contributed by atoms with E-state index >= 15 is 0 Å². The third-order valence-corrected chi connectivity index (χ3v) is 3.67. The molecular formula is C12H8I2N4O2. The van der Waals surface area contributed by atoms with E-state index in [9.17, 15) is 9.90 Å². The predicted octanol–water partition coefficient (Wildman–Crippen LogP) is 2.16. The number of phenols is 1. The molecule has 1 aromatic heterocycles. The number of hydrogen-bond donors (Lipinski definition) is 2. The zero-order valence-electron chi connectivity index (χ0n) is 9.92. The predicted molar refractivity (Wildman–Crippen MR) is 90.6 cm³/mol. The number of nitrogens with zero attached hydrogens (tertiary/aromatic N) is 3. The molecule has 0 saturated heterocycles. The Hall–Kier alpha value is -1.30. The summed E-state index contributed by atoms with van der Waals surface area (Å²) in [6.45, 7) is 0. The molecule has 0 bridgehead atoms. The van der Waals surface area contributed by atoms with E-state index in [1.807, 2.05) is 28.7 Å². The first-order valence-electron chi connectivity index (χ1n) is 5.35. The van der Waals surface area contributed by atoms with Crippen molar-refractivity contribution in [1.29, 1.82) is 0 Å². The summed E-state index contributed by atoms with van der Waals surface area (Å²) in [5.74, 6) is -0.335. The van der Waals surface area contributed by atoms with E-state index in [0.29, 0.717) is 5.56 Å². The lowest BCUT2D eigenvalue weighted by molar-refractivity contribution is 0.0949. The van der Waals surface area contributed by atoms with Crippen molar-refractivity contribution in [3.05, 3.63) is 49.1 Å². The quantitative estimate of drug-likeness (QED) is 0.389. The molecule has 0 aliphatic heterocycles. The van der Waals surface area contributed by atoms with Gasteiger partial charge in [-0.05, 0) is 57.3 Å². The van der Waals surface area contributed by atoms with Gasteiger partial charge in [0.05, 0.1) is 16.0 Å². The van der Waals surface area contributed by atoms with Gasteiger partial charge in [-0.2, -0.15) is 5.10 Å². The van der Waals surface area contributed by atoms with Crippen LogP contribution in [0, 0.1) is 7.14 Å². The molecule has 2 rings (SSSR count). The van der Waals surface area contributed by atoms with Crippen molar-refractivity contribution in [2.45, 2.75) is 0 Å². The molecular weight excluding hydrogens is 486 g/mol. The number of aromatic nitrogens is 2. The van der Waals surface area contributed by atoms with Gasteiger partial charge in [0.2, 0.25) is 0 Å². The van der Waals surface area contributed by atoms with Gasteiger partial charge in [0.15, 0.2) is 0 Å². The molecule has 2 aromatic rings.